The van der Waals surface area contributed by atoms with Crippen molar-refractivity contribution in [3.8, 4) is 11.1 Å². The van der Waals surface area contributed by atoms with Gasteiger partial charge in [0, 0.05) is 30.9 Å². The van der Waals surface area contributed by atoms with Crippen LogP contribution < -0.4 is 9.80 Å². The van der Waals surface area contributed by atoms with E-state index in [9.17, 15) is 14.7 Å². The van der Waals surface area contributed by atoms with Crippen molar-refractivity contribution in [3.05, 3.63) is 36.2 Å². The molecule has 166 valence electrons. The van der Waals surface area contributed by atoms with Crippen molar-refractivity contribution in [2.24, 2.45) is 5.92 Å². The average molecular weight is 426 g/mol. The summed E-state index contributed by atoms with van der Waals surface area (Å²) in [5.74, 6) is 0.239. The summed E-state index contributed by atoms with van der Waals surface area (Å²) in [5.41, 5.74) is 4.46. The Morgan fingerprint density at radius 1 is 1.16 bits per heavy atom. The summed E-state index contributed by atoms with van der Waals surface area (Å²) < 4.78 is 7.51. The highest BCUT2D eigenvalue weighted by atomic mass is 16.6. The number of benzene rings is 1. The van der Waals surface area contributed by atoms with Crippen LogP contribution in [0.2, 0.25) is 0 Å². The molecular formula is C24H31N3O4. The first-order chi connectivity index (χ1) is 14.8. The van der Waals surface area contributed by atoms with Gasteiger partial charge in [-0.1, -0.05) is 6.07 Å². The van der Waals surface area contributed by atoms with Crippen LogP contribution in [-0.4, -0.2) is 47.0 Å². The Morgan fingerprint density at radius 3 is 2.55 bits per heavy atom. The van der Waals surface area contributed by atoms with Gasteiger partial charge < -0.3 is 19.3 Å². The van der Waals surface area contributed by atoms with Crippen LogP contribution in [0.4, 0.5) is 16.2 Å². The van der Waals surface area contributed by atoms with Gasteiger partial charge in [-0.05, 0) is 69.9 Å². The van der Waals surface area contributed by atoms with Crippen LogP contribution in [0.3, 0.4) is 0 Å². The van der Waals surface area contributed by atoms with E-state index in [-0.39, 0.29) is 30.6 Å². The first kappa shape index (κ1) is 21.4. The number of carbonyl (C=O) groups excluding carboxylic acids is 2. The minimum absolute atomic E-state index is 0.0735. The molecule has 1 fully saturated rings. The fraction of sp³-hybridized carbons (Fsp3) is 0.500. The summed E-state index contributed by atoms with van der Waals surface area (Å²) in [6, 6.07) is 7.84. The number of nitrogens with zero attached hydrogens (tertiary/aromatic N) is 3. The van der Waals surface area contributed by atoms with Crippen molar-refractivity contribution in [2.75, 3.05) is 23.0 Å². The van der Waals surface area contributed by atoms with E-state index in [1.165, 1.54) is 0 Å². The number of aryl methyl sites for hydroxylation is 1. The zero-order valence-corrected chi connectivity index (χ0v) is 18.7. The van der Waals surface area contributed by atoms with E-state index in [1.807, 2.05) is 61.6 Å². The van der Waals surface area contributed by atoms with Gasteiger partial charge in [0.25, 0.3) is 0 Å². The quantitative estimate of drug-likeness (QED) is 0.787. The summed E-state index contributed by atoms with van der Waals surface area (Å²) >= 11 is 0. The van der Waals surface area contributed by atoms with E-state index >= 15 is 0 Å². The van der Waals surface area contributed by atoms with Crippen LogP contribution in [0.15, 0.2) is 30.5 Å². The lowest BCUT2D eigenvalue weighted by atomic mass is 10.0. The third-order valence-electron chi connectivity index (χ3n) is 5.92. The number of carbonyl (C=O) groups is 2. The molecule has 0 saturated heterocycles. The second-order valence-electron chi connectivity index (χ2n) is 8.87. The molecule has 0 spiro atoms. The molecule has 0 bridgehead atoms. The van der Waals surface area contributed by atoms with Gasteiger partial charge in [0.05, 0.1) is 30.1 Å². The molecule has 1 aromatic heterocycles. The van der Waals surface area contributed by atoms with Crippen molar-refractivity contribution >= 4 is 23.4 Å². The molecule has 1 aliphatic heterocycles. The third-order valence-corrected chi connectivity index (χ3v) is 5.92. The first-order valence-electron chi connectivity index (χ1n) is 11.0. The summed E-state index contributed by atoms with van der Waals surface area (Å²) in [6.45, 7) is 8.64. The third kappa shape index (κ3) is 4.19. The maximum Gasteiger partial charge on any atom is 0.414 e. The number of hydrogen-bond acceptors (Lipinski definition) is 4. The maximum atomic E-state index is 13.0. The molecule has 1 N–H and O–H groups in total. The monoisotopic (exact) mass is 425 g/mol. The first-order valence-corrected chi connectivity index (χ1v) is 11.0. The number of rotatable bonds is 5. The van der Waals surface area contributed by atoms with Crippen LogP contribution >= 0.6 is 0 Å². The number of hydrogen-bond donors (Lipinski definition) is 1. The zero-order valence-electron chi connectivity index (χ0n) is 18.7. The fourth-order valence-corrected chi connectivity index (χ4v) is 4.23. The molecule has 2 amide bonds. The second kappa shape index (κ2) is 8.38. The molecule has 1 unspecified atom stereocenters. The highest BCUT2D eigenvalue weighted by molar-refractivity contribution is 6.05. The Morgan fingerprint density at radius 2 is 1.90 bits per heavy atom. The minimum Gasteiger partial charge on any atom is -0.446 e. The van der Waals surface area contributed by atoms with Crippen LogP contribution in [0, 0.1) is 12.8 Å². The number of ether oxygens (including phenoxy) is 1. The highest BCUT2D eigenvalue weighted by Crippen LogP contribution is 2.42. The summed E-state index contributed by atoms with van der Waals surface area (Å²) in [7, 11) is 0. The van der Waals surface area contributed by atoms with Crippen LogP contribution in [0.25, 0.3) is 11.1 Å². The van der Waals surface area contributed by atoms with Gasteiger partial charge in [0.2, 0.25) is 5.91 Å². The SMILES string of the molecule is Cc1cc(-c2ccc3c(c2)N(C(=O)OC(C)C)CC(C)N3C(=O)C2CC2)cn1CCO. The lowest BCUT2D eigenvalue weighted by Crippen LogP contribution is -2.52. The lowest BCUT2D eigenvalue weighted by Gasteiger charge is -2.41. The Labute approximate surface area is 183 Å². The Bertz CT molecular complexity index is 993. The highest BCUT2D eigenvalue weighted by Gasteiger charge is 2.41. The molecule has 31 heavy (non-hydrogen) atoms. The molecule has 1 aliphatic carbocycles. The summed E-state index contributed by atoms with van der Waals surface area (Å²) in [4.78, 5) is 29.4. The van der Waals surface area contributed by atoms with Gasteiger partial charge in [0.1, 0.15) is 0 Å². The molecular weight excluding hydrogens is 394 g/mol. The number of amides is 2. The van der Waals surface area contributed by atoms with E-state index in [4.69, 9.17) is 4.74 Å². The smallest absolute Gasteiger partial charge is 0.414 e. The van der Waals surface area contributed by atoms with Gasteiger partial charge in [-0.15, -0.1) is 0 Å². The molecule has 7 nitrogen and oxygen atoms in total. The Kier molecular flexibility index (Phi) is 5.79. The number of anilines is 2. The summed E-state index contributed by atoms with van der Waals surface area (Å²) in [6.07, 6.45) is 3.25. The minimum atomic E-state index is -0.396. The average Bonchev–Trinajstić information content (AvgIpc) is 3.50. The molecule has 2 aromatic rings. The molecule has 1 aromatic carbocycles. The largest absolute Gasteiger partial charge is 0.446 e. The van der Waals surface area contributed by atoms with Crippen LogP contribution in [0.1, 0.15) is 39.3 Å². The zero-order chi connectivity index (χ0) is 22.3. The van der Waals surface area contributed by atoms with Crippen molar-refractivity contribution < 1.29 is 19.4 Å². The van der Waals surface area contributed by atoms with Gasteiger partial charge >= 0.3 is 6.09 Å². The van der Waals surface area contributed by atoms with Gasteiger partial charge in [0.15, 0.2) is 0 Å². The van der Waals surface area contributed by atoms with Crippen LogP contribution in [0.5, 0.6) is 0 Å². The van der Waals surface area contributed by atoms with Gasteiger partial charge in [-0.2, -0.15) is 0 Å². The van der Waals surface area contributed by atoms with E-state index in [0.717, 1.165) is 35.3 Å². The molecule has 2 heterocycles. The maximum absolute atomic E-state index is 13.0. The number of aliphatic hydroxyl groups is 1. The molecule has 1 saturated carbocycles. The number of fused-ring (bicyclic) bond motifs is 1. The summed E-state index contributed by atoms with van der Waals surface area (Å²) in [5, 5.41) is 9.29. The molecule has 4 rings (SSSR count). The fourth-order valence-electron chi connectivity index (χ4n) is 4.23. The van der Waals surface area contributed by atoms with E-state index < -0.39 is 6.09 Å². The lowest BCUT2D eigenvalue weighted by molar-refractivity contribution is -0.120. The molecule has 7 heteroatoms. The molecule has 0 radical (unpaired) electrons. The van der Waals surface area contributed by atoms with Crippen molar-refractivity contribution in [3.63, 3.8) is 0 Å². The predicted molar refractivity (Wildman–Crippen MR) is 120 cm³/mol. The standard InChI is InChI=1S/C24H31N3O4/c1-15(2)31-24(30)26-13-17(4)27(23(29)18-5-6-18)21-8-7-19(12-22(21)26)20-11-16(3)25(14-20)9-10-28/h7-8,11-12,14-15,17-18,28H,5-6,9-10,13H2,1-4H3. The molecule has 1 atom stereocenters. The second-order valence-corrected chi connectivity index (χ2v) is 8.87. The van der Waals surface area contributed by atoms with E-state index in [1.54, 1.807) is 4.90 Å². The predicted octanol–water partition coefficient (Wildman–Crippen LogP) is 3.95. The van der Waals surface area contributed by atoms with Gasteiger partial charge in [-0.3, -0.25) is 9.69 Å². The number of aliphatic hydroxyl groups excluding tert-OH is 1. The van der Waals surface area contributed by atoms with Gasteiger partial charge in [-0.25, -0.2) is 4.79 Å². The number of aromatic nitrogens is 1. The molecule has 2 aliphatic rings. The van der Waals surface area contributed by atoms with Crippen molar-refractivity contribution in [1.82, 2.24) is 4.57 Å². The topological polar surface area (TPSA) is 75.0 Å². The van der Waals surface area contributed by atoms with E-state index in [2.05, 4.69) is 6.07 Å². The normalized spacial score (nSPS) is 18.3. The van der Waals surface area contributed by atoms with Crippen LogP contribution in [-0.2, 0) is 16.1 Å². The van der Waals surface area contributed by atoms with E-state index in [0.29, 0.717) is 18.8 Å². The Balaban J connectivity index is 1.77. The van der Waals surface area contributed by atoms with Crippen molar-refractivity contribution in [2.45, 2.75) is 59.2 Å². The Hall–Kier alpha value is -2.80. The van der Waals surface area contributed by atoms with Crippen molar-refractivity contribution in [1.29, 1.82) is 0 Å².